The molecule has 0 bridgehead atoms. The predicted octanol–water partition coefficient (Wildman–Crippen LogP) is 3.52. The van der Waals surface area contributed by atoms with Crippen LogP contribution in [-0.4, -0.2) is 24.4 Å². The fraction of sp³-hybridized carbons (Fsp3) is 0.250. The molecule has 21 heavy (non-hydrogen) atoms. The Bertz CT molecular complexity index is 543. The molecular weight excluding hydrogens is 309 g/mol. The number of hydrogen-bond donors (Lipinski definition) is 2. The number of aliphatic hydroxyl groups is 1. The summed E-state index contributed by atoms with van der Waals surface area (Å²) >= 11 is 11.6. The summed E-state index contributed by atoms with van der Waals surface area (Å²) in [5.41, 5.74) is 1.12. The molecule has 0 radical (unpaired) electrons. The molecule has 3 nitrogen and oxygen atoms in total. The molecule has 0 aromatic heterocycles. The van der Waals surface area contributed by atoms with Gasteiger partial charge in [0.1, 0.15) is 18.5 Å². The van der Waals surface area contributed by atoms with E-state index in [1.807, 2.05) is 24.3 Å². The quantitative estimate of drug-likeness (QED) is 0.818. The fourth-order valence-corrected chi connectivity index (χ4v) is 2.02. The normalized spacial score (nSPS) is 12.1. The summed E-state index contributed by atoms with van der Waals surface area (Å²) in [5.74, 6) is 0.691. The van der Waals surface area contributed by atoms with Crippen molar-refractivity contribution in [1.29, 1.82) is 0 Å². The third-order valence-corrected chi connectivity index (χ3v) is 3.38. The molecule has 0 aliphatic carbocycles. The van der Waals surface area contributed by atoms with E-state index < -0.39 is 6.10 Å². The average molecular weight is 326 g/mol. The SMILES string of the molecule is OC(CNCc1ccc(Cl)cc1)COc1ccc(Cl)cc1. The number of nitrogens with one attached hydrogen (secondary N) is 1. The molecule has 2 rings (SSSR count). The van der Waals surface area contributed by atoms with Gasteiger partial charge in [-0.25, -0.2) is 0 Å². The first kappa shape index (κ1) is 16.1. The third-order valence-electron chi connectivity index (χ3n) is 2.88. The van der Waals surface area contributed by atoms with Crippen LogP contribution in [0.15, 0.2) is 48.5 Å². The number of hydrogen-bond acceptors (Lipinski definition) is 3. The highest BCUT2D eigenvalue weighted by atomic mass is 35.5. The van der Waals surface area contributed by atoms with Crippen LogP contribution in [0.25, 0.3) is 0 Å². The first-order valence-corrected chi connectivity index (χ1v) is 7.40. The van der Waals surface area contributed by atoms with Gasteiger partial charge in [-0.15, -0.1) is 0 Å². The lowest BCUT2D eigenvalue weighted by molar-refractivity contribution is 0.106. The molecule has 0 saturated heterocycles. The minimum absolute atomic E-state index is 0.231. The molecule has 0 spiro atoms. The van der Waals surface area contributed by atoms with Crippen molar-refractivity contribution in [3.63, 3.8) is 0 Å². The maximum absolute atomic E-state index is 9.85. The molecule has 112 valence electrons. The summed E-state index contributed by atoms with van der Waals surface area (Å²) in [5, 5.41) is 14.4. The molecule has 2 aromatic rings. The van der Waals surface area contributed by atoms with Crippen LogP contribution < -0.4 is 10.1 Å². The van der Waals surface area contributed by atoms with Gasteiger partial charge >= 0.3 is 0 Å². The van der Waals surface area contributed by atoms with Crippen LogP contribution in [0.3, 0.4) is 0 Å². The Morgan fingerprint density at radius 1 is 0.952 bits per heavy atom. The van der Waals surface area contributed by atoms with Crippen molar-refractivity contribution >= 4 is 23.2 Å². The number of ether oxygens (including phenoxy) is 1. The first-order valence-electron chi connectivity index (χ1n) is 6.65. The smallest absolute Gasteiger partial charge is 0.119 e. The minimum Gasteiger partial charge on any atom is -0.491 e. The Morgan fingerprint density at radius 2 is 1.52 bits per heavy atom. The maximum atomic E-state index is 9.85. The van der Waals surface area contributed by atoms with E-state index in [-0.39, 0.29) is 6.61 Å². The maximum Gasteiger partial charge on any atom is 0.119 e. The largest absolute Gasteiger partial charge is 0.491 e. The summed E-state index contributed by atoms with van der Waals surface area (Å²) in [6.07, 6.45) is -0.576. The van der Waals surface area contributed by atoms with Crippen molar-refractivity contribution in [2.45, 2.75) is 12.6 Å². The van der Waals surface area contributed by atoms with Crippen LogP contribution in [0, 0.1) is 0 Å². The molecule has 0 aliphatic heterocycles. The van der Waals surface area contributed by atoms with E-state index in [2.05, 4.69) is 5.32 Å². The van der Waals surface area contributed by atoms with Gasteiger partial charge in [0.15, 0.2) is 0 Å². The highest BCUT2D eigenvalue weighted by Crippen LogP contribution is 2.15. The topological polar surface area (TPSA) is 41.5 Å². The van der Waals surface area contributed by atoms with Crippen molar-refractivity contribution in [1.82, 2.24) is 5.32 Å². The van der Waals surface area contributed by atoms with Crippen LogP contribution >= 0.6 is 23.2 Å². The molecule has 0 aliphatic rings. The van der Waals surface area contributed by atoms with E-state index in [4.69, 9.17) is 27.9 Å². The van der Waals surface area contributed by atoms with Crippen LogP contribution in [0.2, 0.25) is 10.0 Å². The first-order chi connectivity index (χ1) is 10.1. The molecule has 1 atom stereocenters. The molecule has 2 aromatic carbocycles. The van der Waals surface area contributed by atoms with Gasteiger partial charge in [-0.3, -0.25) is 0 Å². The van der Waals surface area contributed by atoms with Crippen LogP contribution in [-0.2, 0) is 6.54 Å². The lowest BCUT2D eigenvalue weighted by Crippen LogP contribution is -2.31. The number of halogens is 2. The van der Waals surface area contributed by atoms with Gasteiger partial charge in [0.2, 0.25) is 0 Å². The Morgan fingerprint density at radius 3 is 2.14 bits per heavy atom. The molecule has 0 fully saturated rings. The zero-order valence-electron chi connectivity index (χ0n) is 11.4. The van der Waals surface area contributed by atoms with Crippen molar-refractivity contribution in [3.8, 4) is 5.75 Å². The number of rotatable bonds is 7. The molecular formula is C16H17Cl2NO2. The van der Waals surface area contributed by atoms with Gasteiger partial charge in [0.25, 0.3) is 0 Å². The Kier molecular flexibility index (Phi) is 6.33. The van der Waals surface area contributed by atoms with Gasteiger partial charge in [-0.2, -0.15) is 0 Å². The van der Waals surface area contributed by atoms with E-state index in [9.17, 15) is 5.11 Å². The van der Waals surface area contributed by atoms with Crippen LogP contribution in [0.1, 0.15) is 5.56 Å². The van der Waals surface area contributed by atoms with E-state index in [0.29, 0.717) is 23.9 Å². The third kappa shape index (κ3) is 5.94. The fourth-order valence-electron chi connectivity index (χ4n) is 1.77. The summed E-state index contributed by atoms with van der Waals surface area (Å²) in [7, 11) is 0. The van der Waals surface area contributed by atoms with Gasteiger partial charge in [0, 0.05) is 23.1 Å². The van der Waals surface area contributed by atoms with Crippen LogP contribution in [0.5, 0.6) is 5.75 Å². The van der Waals surface area contributed by atoms with Gasteiger partial charge in [-0.05, 0) is 42.0 Å². The Labute approximate surface area is 134 Å². The summed E-state index contributed by atoms with van der Waals surface area (Å²) in [6, 6.07) is 14.6. The summed E-state index contributed by atoms with van der Waals surface area (Å²) in [6.45, 7) is 1.36. The predicted molar refractivity (Wildman–Crippen MR) is 86.1 cm³/mol. The monoisotopic (exact) mass is 325 g/mol. The molecule has 2 N–H and O–H groups in total. The van der Waals surface area contributed by atoms with E-state index in [1.165, 1.54) is 0 Å². The van der Waals surface area contributed by atoms with Crippen molar-refractivity contribution in [2.75, 3.05) is 13.2 Å². The van der Waals surface area contributed by atoms with Gasteiger partial charge in [0.05, 0.1) is 0 Å². The van der Waals surface area contributed by atoms with Crippen molar-refractivity contribution < 1.29 is 9.84 Å². The lowest BCUT2D eigenvalue weighted by Gasteiger charge is -2.13. The van der Waals surface area contributed by atoms with E-state index >= 15 is 0 Å². The van der Waals surface area contributed by atoms with Crippen molar-refractivity contribution in [2.24, 2.45) is 0 Å². The Balaban J connectivity index is 1.66. The standard InChI is InChI=1S/C16H17Cl2NO2/c17-13-3-1-12(2-4-13)9-19-10-15(20)11-21-16-7-5-14(18)6-8-16/h1-8,15,19-20H,9-11H2. The molecule has 5 heteroatoms. The second-order valence-corrected chi connectivity index (χ2v) is 5.55. The highest BCUT2D eigenvalue weighted by molar-refractivity contribution is 6.30. The summed E-state index contributed by atoms with van der Waals surface area (Å²) in [4.78, 5) is 0. The zero-order valence-corrected chi connectivity index (χ0v) is 12.9. The second-order valence-electron chi connectivity index (χ2n) is 4.68. The zero-order chi connectivity index (χ0) is 15.1. The van der Waals surface area contributed by atoms with Crippen molar-refractivity contribution in [3.05, 3.63) is 64.1 Å². The second kappa shape index (κ2) is 8.25. The molecule has 1 unspecified atom stereocenters. The minimum atomic E-state index is -0.576. The van der Waals surface area contributed by atoms with E-state index in [0.717, 1.165) is 10.6 Å². The Hall–Kier alpha value is -1.26. The van der Waals surface area contributed by atoms with Gasteiger partial charge in [-0.1, -0.05) is 35.3 Å². The number of aliphatic hydroxyl groups excluding tert-OH is 1. The summed E-state index contributed by atoms with van der Waals surface area (Å²) < 4.78 is 5.48. The van der Waals surface area contributed by atoms with Gasteiger partial charge < -0.3 is 15.2 Å². The van der Waals surface area contributed by atoms with E-state index in [1.54, 1.807) is 24.3 Å². The average Bonchev–Trinajstić information content (AvgIpc) is 2.49. The molecule has 0 heterocycles. The van der Waals surface area contributed by atoms with Crippen LogP contribution in [0.4, 0.5) is 0 Å². The lowest BCUT2D eigenvalue weighted by atomic mass is 10.2. The molecule has 0 saturated carbocycles. The number of benzene rings is 2. The highest BCUT2D eigenvalue weighted by Gasteiger charge is 2.05. The molecule has 0 amide bonds.